The van der Waals surface area contributed by atoms with Crippen molar-refractivity contribution in [3.63, 3.8) is 0 Å². The van der Waals surface area contributed by atoms with Crippen molar-refractivity contribution < 1.29 is 9.47 Å². The van der Waals surface area contributed by atoms with Gasteiger partial charge in [-0.1, -0.05) is 29.8 Å². The summed E-state index contributed by atoms with van der Waals surface area (Å²) in [6.45, 7) is 4.61. The first-order chi connectivity index (χ1) is 12.0. The molecule has 1 fully saturated rings. The third-order valence-electron chi connectivity index (χ3n) is 4.63. The minimum Gasteiger partial charge on any atom is -0.490 e. The molecule has 2 aliphatic rings. The highest BCUT2D eigenvalue weighted by molar-refractivity contribution is 7.80. The second-order valence-corrected chi connectivity index (χ2v) is 7.23. The molecule has 0 spiro atoms. The number of fused-ring (bicyclic) bond motifs is 4. The van der Waals surface area contributed by atoms with Gasteiger partial charge in [0.25, 0.3) is 0 Å². The molecular weight excluding hydrogens is 356 g/mol. The zero-order chi connectivity index (χ0) is 17.6. The summed E-state index contributed by atoms with van der Waals surface area (Å²) in [6.07, 6.45) is 0.766. The molecule has 0 aromatic heterocycles. The SMILES string of the molecule is CCOc1cccc2c1OC1(C)CC2NC(=S)N1c1cccc(Cl)c1. The Morgan fingerprint density at radius 3 is 2.92 bits per heavy atom. The Morgan fingerprint density at radius 2 is 2.16 bits per heavy atom. The van der Waals surface area contributed by atoms with E-state index >= 15 is 0 Å². The number of nitrogens with zero attached hydrogens (tertiary/aromatic N) is 1. The van der Waals surface area contributed by atoms with E-state index in [4.69, 9.17) is 33.3 Å². The van der Waals surface area contributed by atoms with Crippen LogP contribution in [0.2, 0.25) is 5.02 Å². The molecule has 2 aliphatic heterocycles. The van der Waals surface area contributed by atoms with Crippen LogP contribution in [0.1, 0.15) is 31.9 Å². The Morgan fingerprint density at radius 1 is 1.36 bits per heavy atom. The van der Waals surface area contributed by atoms with Crippen LogP contribution in [0.15, 0.2) is 42.5 Å². The summed E-state index contributed by atoms with van der Waals surface area (Å²) in [7, 11) is 0. The number of benzene rings is 2. The van der Waals surface area contributed by atoms with Gasteiger partial charge in [0.15, 0.2) is 22.3 Å². The lowest BCUT2D eigenvalue weighted by atomic mass is 9.90. The number of anilines is 1. The maximum atomic E-state index is 6.48. The highest BCUT2D eigenvalue weighted by Crippen LogP contribution is 2.49. The average molecular weight is 375 g/mol. The Labute approximate surface area is 157 Å². The summed E-state index contributed by atoms with van der Waals surface area (Å²) in [5.41, 5.74) is 1.37. The summed E-state index contributed by atoms with van der Waals surface area (Å²) < 4.78 is 12.3. The van der Waals surface area contributed by atoms with Gasteiger partial charge in [0.1, 0.15) is 0 Å². The number of nitrogens with one attached hydrogen (secondary N) is 1. The Bertz CT molecular complexity index is 844. The van der Waals surface area contributed by atoms with E-state index in [-0.39, 0.29) is 6.04 Å². The van der Waals surface area contributed by atoms with Crippen LogP contribution in [0.4, 0.5) is 5.69 Å². The summed E-state index contributed by atoms with van der Waals surface area (Å²) in [6, 6.07) is 13.7. The van der Waals surface area contributed by atoms with Gasteiger partial charge in [-0.15, -0.1) is 0 Å². The van der Waals surface area contributed by atoms with Gasteiger partial charge in [0.2, 0.25) is 0 Å². The number of rotatable bonds is 3. The summed E-state index contributed by atoms with van der Waals surface area (Å²) in [5.74, 6) is 1.54. The molecule has 25 heavy (non-hydrogen) atoms. The van der Waals surface area contributed by atoms with Crippen molar-refractivity contribution in [2.75, 3.05) is 11.5 Å². The number of hydrogen-bond donors (Lipinski definition) is 1. The van der Waals surface area contributed by atoms with E-state index in [1.165, 1.54) is 0 Å². The minimum absolute atomic E-state index is 0.0945. The van der Waals surface area contributed by atoms with E-state index in [9.17, 15) is 0 Å². The fourth-order valence-corrected chi connectivity index (χ4v) is 4.26. The third-order valence-corrected chi connectivity index (χ3v) is 5.17. The van der Waals surface area contributed by atoms with Gasteiger partial charge >= 0.3 is 0 Å². The molecule has 4 rings (SSSR count). The van der Waals surface area contributed by atoms with Crippen molar-refractivity contribution in [2.24, 2.45) is 0 Å². The summed E-state index contributed by atoms with van der Waals surface area (Å²) in [5, 5.41) is 4.74. The molecule has 130 valence electrons. The fourth-order valence-electron chi connectivity index (χ4n) is 3.64. The number of thiocarbonyl (C=S) groups is 1. The van der Waals surface area contributed by atoms with Crippen LogP contribution in [-0.4, -0.2) is 17.4 Å². The molecule has 2 heterocycles. The second-order valence-electron chi connectivity index (χ2n) is 6.41. The van der Waals surface area contributed by atoms with Crippen LogP contribution in [0, 0.1) is 0 Å². The van der Waals surface area contributed by atoms with Gasteiger partial charge in [0, 0.05) is 22.7 Å². The lowest BCUT2D eigenvalue weighted by Crippen LogP contribution is -2.65. The topological polar surface area (TPSA) is 33.7 Å². The van der Waals surface area contributed by atoms with Crippen molar-refractivity contribution in [3.8, 4) is 11.5 Å². The summed E-state index contributed by atoms with van der Waals surface area (Å²) >= 11 is 11.8. The first-order valence-corrected chi connectivity index (χ1v) is 9.11. The molecule has 2 aromatic rings. The van der Waals surface area contributed by atoms with Crippen LogP contribution in [-0.2, 0) is 0 Å². The van der Waals surface area contributed by atoms with Crippen molar-refractivity contribution in [2.45, 2.75) is 32.0 Å². The number of hydrogen-bond acceptors (Lipinski definition) is 3. The second kappa shape index (κ2) is 6.07. The fraction of sp³-hybridized carbons (Fsp3) is 0.316. The van der Waals surface area contributed by atoms with E-state index in [0.29, 0.717) is 16.7 Å². The number of halogens is 1. The molecule has 0 radical (unpaired) electrons. The molecular formula is C19H19ClN2O2S. The summed E-state index contributed by atoms with van der Waals surface area (Å²) in [4.78, 5) is 2.00. The molecule has 6 heteroatoms. The van der Waals surface area contributed by atoms with Gasteiger partial charge in [-0.2, -0.15) is 0 Å². The van der Waals surface area contributed by atoms with Crippen molar-refractivity contribution in [3.05, 3.63) is 53.1 Å². The van der Waals surface area contributed by atoms with E-state index in [1.807, 2.05) is 48.2 Å². The highest BCUT2D eigenvalue weighted by Gasteiger charge is 2.49. The van der Waals surface area contributed by atoms with Crippen LogP contribution in [0.3, 0.4) is 0 Å². The van der Waals surface area contributed by atoms with Gasteiger partial charge in [-0.05, 0) is 50.3 Å². The monoisotopic (exact) mass is 374 g/mol. The zero-order valence-electron chi connectivity index (χ0n) is 14.1. The smallest absolute Gasteiger partial charge is 0.188 e. The standard InChI is InChI=1S/C19H19ClN2O2S/c1-3-23-16-9-5-8-14-15-11-19(2,24-17(14)16)22(18(25)21-15)13-7-4-6-12(20)10-13/h4-10,15H,3,11H2,1-2H3,(H,21,25). The van der Waals surface area contributed by atoms with E-state index in [0.717, 1.165) is 29.2 Å². The maximum absolute atomic E-state index is 6.48. The highest BCUT2D eigenvalue weighted by atomic mass is 35.5. The Balaban J connectivity index is 1.81. The van der Waals surface area contributed by atoms with Crippen LogP contribution < -0.4 is 19.7 Å². The minimum atomic E-state index is -0.613. The van der Waals surface area contributed by atoms with Gasteiger partial charge in [-0.3, -0.25) is 4.90 Å². The van der Waals surface area contributed by atoms with Crippen molar-refractivity contribution >= 4 is 34.6 Å². The molecule has 0 saturated carbocycles. The van der Waals surface area contributed by atoms with E-state index < -0.39 is 5.72 Å². The predicted molar refractivity (Wildman–Crippen MR) is 104 cm³/mol. The molecule has 2 aromatic carbocycles. The van der Waals surface area contributed by atoms with Gasteiger partial charge in [0.05, 0.1) is 12.6 Å². The predicted octanol–water partition coefficient (Wildman–Crippen LogP) is 4.67. The van der Waals surface area contributed by atoms with E-state index in [1.54, 1.807) is 0 Å². The molecule has 1 N–H and O–H groups in total. The first-order valence-electron chi connectivity index (χ1n) is 8.33. The molecule has 2 bridgehead atoms. The van der Waals surface area contributed by atoms with Gasteiger partial charge in [-0.25, -0.2) is 0 Å². The first kappa shape index (κ1) is 16.5. The third kappa shape index (κ3) is 2.71. The van der Waals surface area contributed by atoms with Crippen LogP contribution in [0.25, 0.3) is 0 Å². The molecule has 4 nitrogen and oxygen atoms in total. The van der Waals surface area contributed by atoms with Crippen molar-refractivity contribution in [1.29, 1.82) is 0 Å². The molecule has 2 atom stereocenters. The molecule has 1 saturated heterocycles. The zero-order valence-corrected chi connectivity index (χ0v) is 15.7. The average Bonchev–Trinajstić information content (AvgIpc) is 2.55. The normalized spacial score (nSPS) is 24.2. The quantitative estimate of drug-likeness (QED) is 0.789. The number of ether oxygens (including phenoxy) is 2. The Hall–Kier alpha value is -1.98. The van der Waals surface area contributed by atoms with Crippen molar-refractivity contribution in [1.82, 2.24) is 5.32 Å². The molecule has 0 aliphatic carbocycles. The Kier molecular flexibility index (Phi) is 4.01. The lowest BCUT2D eigenvalue weighted by molar-refractivity contribution is 0.0457. The lowest BCUT2D eigenvalue weighted by Gasteiger charge is -2.52. The molecule has 0 amide bonds. The van der Waals surface area contributed by atoms with Crippen LogP contribution in [0.5, 0.6) is 11.5 Å². The number of para-hydroxylation sites is 1. The van der Waals surface area contributed by atoms with E-state index in [2.05, 4.69) is 18.3 Å². The maximum Gasteiger partial charge on any atom is 0.188 e. The van der Waals surface area contributed by atoms with Crippen LogP contribution >= 0.6 is 23.8 Å². The molecule has 2 unspecified atom stereocenters. The van der Waals surface area contributed by atoms with Gasteiger partial charge < -0.3 is 14.8 Å². The largest absolute Gasteiger partial charge is 0.490 e.